The Hall–Kier alpha value is -2.59. The summed E-state index contributed by atoms with van der Waals surface area (Å²) in [6, 6.07) is 15.0. The number of anilines is 1. The van der Waals surface area contributed by atoms with Gasteiger partial charge >= 0.3 is 5.97 Å². The molecule has 1 atom stereocenters. The molecule has 0 bridgehead atoms. The van der Waals surface area contributed by atoms with Crippen molar-refractivity contribution in [3.63, 3.8) is 0 Å². The number of ether oxygens (including phenoxy) is 2. The molecule has 0 amide bonds. The fraction of sp³-hybridized carbons (Fsp3) is 0.211. The third-order valence-corrected chi connectivity index (χ3v) is 3.79. The maximum absolute atomic E-state index is 12.3. The zero-order valence-corrected chi connectivity index (χ0v) is 12.8. The van der Waals surface area contributed by atoms with E-state index in [9.17, 15) is 4.79 Å². The molecule has 4 nitrogen and oxygen atoms in total. The molecule has 1 aliphatic rings. The van der Waals surface area contributed by atoms with Crippen LogP contribution < -0.4 is 5.73 Å². The van der Waals surface area contributed by atoms with E-state index in [1.807, 2.05) is 42.5 Å². The molecule has 2 aromatic carbocycles. The number of nitrogens with two attached hydrogens (primary N) is 1. The molecule has 1 unspecified atom stereocenters. The Balaban J connectivity index is 1.73. The van der Waals surface area contributed by atoms with E-state index in [2.05, 4.69) is 6.08 Å². The average Bonchev–Trinajstić information content (AvgIpc) is 2.62. The number of carbonyl (C=O) groups excluding carboxylic acids is 1. The number of nitrogen functional groups attached to an aromatic ring is 1. The van der Waals surface area contributed by atoms with Crippen LogP contribution in [0, 0.1) is 0 Å². The molecule has 1 heterocycles. The lowest BCUT2D eigenvalue weighted by molar-refractivity contribution is 0.0472. The molecule has 0 spiro atoms. The highest BCUT2D eigenvalue weighted by Crippen LogP contribution is 2.27. The van der Waals surface area contributed by atoms with Crippen LogP contribution >= 0.6 is 0 Å². The Morgan fingerprint density at radius 3 is 2.74 bits per heavy atom. The molecule has 0 saturated carbocycles. The molecule has 2 N–H and O–H groups in total. The summed E-state index contributed by atoms with van der Waals surface area (Å²) in [6.45, 7) is 0.814. The Morgan fingerprint density at radius 1 is 1.17 bits per heavy atom. The average molecular weight is 309 g/mol. The van der Waals surface area contributed by atoms with Crippen molar-refractivity contribution in [3.05, 3.63) is 77.4 Å². The molecule has 0 aliphatic carbocycles. The predicted octanol–water partition coefficient (Wildman–Crippen LogP) is 3.64. The molecule has 3 rings (SSSR count). The Bertz CT molecular complexity index is 710. The molecule has 4 heteroatoms. The van der Waals surface area contributed by atoms with Gasteiger partial charge in [0.1, 0.15) is 6.61 Å². The first-order chi connectivity index (χ1) is 11.2. The van der Waals surface area contributed by atoms with Gasteiger partial charge in [-0.1, -0.05) is 48.6 Å². The summed E-state index contributed by atoms with van der Waals surface area (Å²) in [5.41, 5.74) is 8.61. The Morgan fingerprint density at radius 2 is 2.00 bits per heavy atom. The van der Waals surface area contributed by atoms with Crippen molar-refractivity contribution in [2.24, 2.45) is 0 Å². The van der Waals surface area contributed by atoms with Crippen LogP contribution in [0.5, 0.6) is 0 Å². The number of hydrogen-bond acceptors (Lipinski definition) is 4. The topological polar surface area (TPSA) is 61.5 Å². The molecule has 0 saturated heterocycles. The van der Waals surface area contributed by atoms with Gasteiger partial charge in [0.15, 0.2) is 0 Å². The predicted molar refractivity (Wildman–Crippen MR) is 88.9 cm³/mol. The van der Waals surface area contributed by atoms with Gasteiger partial charge in [0, 0.05) is 5.69 Å². The standard InChI is InChI=1S/C19H19NO3/c20-17-10-9-15(18-8-4-5-11-22-18)12-16(17)19(21)23-13-14-6-2-1-3-7-14/h1-7,9-10,12,18H,8,11,13,20H2. The highest BCUT2D eigenvalue weighted by Gasteiger charge is 2.18. The molecule has 2 aromatic rings. The van der Waals surface area contributed by atoms with Crippen LogP contribution in [0.1, 0.15) is 34.0 Å². The molecule has 0 aromatic heterocycles. The normalized spacial score (nSPS) is 17.0. The number of carbonyl (C=O) groups is 1. The quantitative estimate of drug-likeness (QED) is 0.532. The van der Waals surface area contributed by atoms with E-state index in [1.54, 1.807) is 12.1 Å². The van der Waals surface area contributed by atoms with E-state index in [-0.39, 0.29) is 12.7 Å². The fourth-order valence-electron chi connectivity index (χ4n) is 2.51. The van der Waals surface area contributed by atoms with Crippen LogP contribution in [0.15, 0.2) is 60.7 Å². The monoisotopic (exact) mass is 309 g/mol. The number of benzene rings is 2. The van der Waals surface area contributed by atoms with Crippen molar-refractivity contribution in [1.82, 2.24) is 0 Å². The zero-order valence-electron chi connectivity index (χ0n) is 12.8. The van der Waals surface area contributed by atoms with Gasteiger partial charge in [0.05, 0.1) is 18.3 Å². The van der Waals surface area contributed by atoms with Gasteiger partial charge in [-0.15, -0.1) is 0 Å². The van der Waals surface area contributed by atoms with Gasteiger partial charge in [-0.25, -0.2) is 4.79 Å². The van der Waals surface area contributed by atoms with Crippen LogP contribution in [-0.4, -0.2) is 12.6 Å². The summed E-state index contributed by atoms with van der Waals surface area (Å²) in [4.78, 5) is 12.3. The van der Waals surface area contributed by atoms with E-state index in [0.717, 1.165) is 17.5 Å². The van der Waals surface area contributed by atoms with Gasteiger partial charge in [-0.2, -0.15) is 0 Å². The lowest BCUT2D eigenvalue weighted by atomic mass is 10.0. The molecule has 0 fully saturated rings. The highest BCUT2D eigenvalue weighted by molar-refractivity contribution is 5.95. The van der Waals surface area contributed by atoms with Crippen LogP contribution in [0.2, 0.25) is 0 Å². The number of esters is 1. The first-order valence-corrected chi connectivity index (χ1v) is 7.61. The van der Waals surface area contributed by atoms with Crippen molar-refractivity contribution in [1.29, 1.82) is 0 Å². The van der Waals surface area contributed by atoms with Crippen molar-refractivity contribution in [2.75, 3.05) is 12.3 Å². The van der Waals surface area contributed by atoms with Crippen LogP contribution in [0.25, 0.3) is 0 Å². The van der Waals surface area contributed by atoms with Gasteiger partial charge in [0.25, 0.3) is 0 Å². The summed E-state index contributed by atoms with van der Waals surface area (Å²) in [7, 11) is 0. The minimum atomic E-state index is -0.417. The van der Waals surface area contributed by atoms with Crippen LogP contribution in [0.3, 0.4) is 0 Å². The highest BCUT2D eigenvalue weighted by atomic mass is 16.5. The van der Waals surface area contributed by atoms with Crippen molar-refractivity contribution >= 4 is 11.7 Å². The zero-order chi connectivity index (χ0) is 16.1. The van der Waals surface area contributed by atoms with E-state index in [4.69, 9.17) is 15.2 Å². The van der Waals surface area contributed by atoms with Gasteiger partial charge in [-0.05, 0) is 29.7 Å². The second-order valence-corrected chi connectivity index (χ2v) is 5.44. The Labute approximate surface area is 135 Å². The smallest absolute Gasteiger partial charge is 0.340 e. The molecule has 1 aliphatic heterocycles. The number of rotatable bonds is 4. The largest absolute Gasteiger partial charge is 0.457 e. The second kappa shape index (κ2) is 7.11. The number of hydrogen-bond donors (Lipinski definition) is 1. The molecule has 23 heavy (non-hydrogen) atoms. The molecular weight excluding hydrogens is 290 g/mol. The summed E-state index contributed by atoms with van der Waals surface area (Å²) in [6.07, 6.45) is 4.82. The van der Waals surface area contributed by atoms with E-state index < -0.39 is 5.97 Å². The van der Waals surface area contributed by atoms with Crippen LogP contribution in [0.4, 0.5) is 5.69 Å². The Kier molecular flexibility index (Phi) is 4.74. The van der Waals surface area contributed by atoms with Gasteiger partial charge in [-0.3, -0.25) is 0 Å². The minimum absolute atomic E-state index is 0.0405. The first-order valence-electron chi connectivity index (χ1n) is 7.61. The maximum atomic E-state index is 12.3. The lowest BCUT2D eigenvalue weighted by Gasteiger charge is -2.20. The van der Waals surface area contributed by atoms with E-state index in [1.165, 1.54) is 0 Å². The second-order valence-electron chi connectivity index (χ2n) is 5.44. The minimum Gasteiger partial charge on any atom is -0.457 e. The summed E-state index contributed by atoms with van der Waals surface area (Å²) in [5.74, 6) is -0.417. The lowest BCUT2D eigenvalue weighted by Crippen LogP contribution is -2.12. The van der Waals surface area contributed by atoms with Crippen molar-refractivity contribution in [3.8, 4) is 0 Å². The SMILES string of the molecule is Nc1ccc(C2CC=CCO2)cc1C(=O)OCc1ccccc1. The van der Waals surface area contributed by atoms with Crippen LogP contribution in [-0.2, 0) is 16.1 Å². The van der Waals surface area contributed by atoms with E-state index >= 15 is 0 Å². The summed E-state index contributed by atoms with van der Waals surface area (Å²) >= 11 is 0. The summed E-state index contributed by atoms with van der Waals surface area (Å²) in [5, 5.41) is 0. The third kappa shape index (κ3) is 3.79. The van der Waals surface area contributed by atoms with E-state index in [0.29, 0.717) is 17.9 Å². The molecule has 0 radical (unpaired) electrons. The molecule has 118 valence electrons. The maximum Gasteiger partial charge on any atom is 0.340 e. The third-order valence-electron chi connectivity index (χ3n) is 3.79. The fourth-order valence-corrected chi connectivity index (χ4v) is 2.51. The van der Waals surface area contributed by atoms with Gasteiger partial charge in [0.2, 0.25) is 0 Å². The van der Waals surface area contributed by atoms with Crippen molar-refractivity contribution < 1.29 is 14.3 Å². The van der Waals surface area contributed by atoms with Gasteiger partial charge < -0.3 is 15.2 Å². The molecular formula is C19H19NO3. The first kappa shape index (κ1) is 15.3. The van der Waals surface area contributed by atoms with Crippen molar-refractivity contribution in [2.45, 2.75) is 19.1 Å². The summed E-state index contributed by atoms with van der Waals surface area (Å²) < 4.78 is 11.1.